The quantitative estimate of drug-likeness (QED) is 0.907. The van der Waals surface area contributed by atoms with Gasteiger partial charge in [0.25, 0.3) is 0 Å². The van der Waals surface area contributed by atoms with Crippen molar-refractivity contribution in [2.24, 2.45) is 0 Å². The van der Waals surface area contributed by atoms with Crippen LogP contribution in [0, 0.1) is 0 Å². The fourth-order valence-electron chi connectivity index (χ4n) is 1.67. The van der Waals surface area contributed by atoms with E-state index in [1.807, 2.05) is 11.3 Å². The van der Waals surface area contributed by atoms with E-state index >= 15 is 0 Å². The number of hydrogen-bond donors (Lipinski definition) is 1. The highest BCUT2D eigenvalue weighted by Crippen LogP contribution is 2.22. The number of likely N-dealkylation sites (N-methyl/N-ethyl adjacent to an activating group) is 1. The molecule has 0 aliphatic carbocycles. The van der Waals surface area contributed by atoms with Crippen molar-refractivity contribution in [1.29, 1.82) is 0 Å². The first-order valence-electron chi connectivity index (χ1n) is 4.97. The third-order valence-corrected chi connectivity index (χ3v) is 4.35. The van der Waals surface area contributed by atoms with E-state index in [1.54, 1.807) is 0 Å². The summed E-state index contributed by atoms with van der Waals surface area (Å²) in [6.07, 6.45) is 0. The topological polar surface area (TPSA) is 15.3 Å². The SMILES string of the molecule is CCN(Cc1cc(Br)cs1)C1CNC1. The van der Waals surface area contributed by atoms with Gasteiger partial charge in [-0.05, 0) is 28.5 Å². The minimum absolute atomic E-state index is 0.751. The van der Waals surface area contributed by atoms with Crippen molar-refractivity contribution >= 4 is 27.3 Å². The van der Waals surface area contributed by atoms with Crippen LogP contribution in [0.1, 0.15) is 11.8 Å². The highest BCUT2D eigenvalue weighted by atomic mass is 79.9. The molecule has 2 heterocycles. The van der Waals surface area contributed by atoms with Gasteiger partial charge in [-0.3, -0.25) is 4.90 Å². The molecule has 0 saturated carbocycles. The Hall–Kier alpha value is 0.1000. The Morgan fingerprint density at radius 3 is 2.86 bits per heavy atom. The van der Waals surface area contributed by atoms with Crippen LogP contribution in [-0.4, -0.2) is 30.6 Å². The van der Waals surface area contributed by atoms with Crippen LogP contribution in [0.4, 0.5) is 0 Å². The maximum atomic E-state index is 3.49. The van der Waals surface area contributed by atoms with E-state index in [4.69, 9.17) is 0 Å². The number of rotatable bonds is 4. The first kappa shape index (κ1) is 10.6. The largest absolute Gasteiger partial charge is 0.314 e. The van der Waals surface area contributed by atoms with E-state index in [2.05, 4.69) is 44.5 Å². The lowest BCUT2D eigenvalue weighted by atomic mass is 10.1. The molecule has 1 N–H and O–H groups in total. The Labute approximate surface area is 97.4 Å². The van der Waals surface area contributed by atoms with Gasteiger partial charge < -0.3 is 5.32 Å². The van der Waals surface area contributed by atoms with Gasteiger partial charge in [0.2, 0.25) is 0 Å². The van der Waals surface area contributed by atoms with Gasteiger partial charge in [-0.2, -0.15) is 0 Å². The smallest absolute Gasteiger partial charge is 0.0349 e. The van der Waals surface area contributed by atoms with Crippen molar-refractivity contribution in [3.63, 3.8) is 0 Å². The lowest BCUT2D eigenvalue weighted by Gasteiger charge is -2.37. The molecule has 0 radical (unpaired) electrons. The van der Waals surface area contributed by atoms with E-state index in [9.17, 15) is 0 Å². The summed E-state index contributed by atoms with van der Waals surface area (Å²) in [5.74, 6) is 0. The second kappa shape index (κ2) is 4.75. The summed E-state index contributed by atoms with van der Waals surface area (Å²) in [7, 11) is 0. The van der Waals surface area contributed by atoms with Crippen molar-refractivity contribution in [2.45, 2.75) is 19.5 Å². The summed E-state index contributed by atoms with van der Waals surface area (Å²) < 4.78 is 1.21. The van der Waals surface area contributed by atoms with Gasteiger partial charge in [0.05, 0.1) is 0 Å². The van der Waals surface area contributed by atoms with E-state index in [0.717, 1.165) is 32.2 Å². The van der Waals surface area contributed by atoms with E-state index in [0.29, 0.717) is 0 Å². The summed E-state index contributed by atoms with van der Waals surface area (Å²) in [6.45, 7) is 6.78. The zero-order valence-corrected chi connectivity index (χ0v) is 10.7. The molecule has 1 aromatic rings. The third-order valence-electron chi connectivity index (χ3n) is 2.66. The van der Waals surface area contributed by atoms with Crippen LogP contribution in [0.25, 0.3) is 0 Å². The Bertz CT molecular complexity index is 296. The summed E-state index contributed by atoms with van der Waals surface area (Å²) in [4.78, 5) is 3.99. The second-order valence-corrected chi connectivity index (χ2v) is 5.52. The minimum atomic E-state index is 0.751. The summed E-state index contributed by atoms with van der Waals surface area (Å²) in [6, 6.07) is 2.97. The zero-order valence-electron chi connectivity index (χ0n) is 8.29. The molecule has 0 atom stereocenters. The Morgan fingerprint density at radius 2 is 2.43 bits per heavy atom. The van der Waals surface area contributed by atoms with Crippen LogP contribution < -0.4 is 5.32 Å². The zero-order chi connectivity index (χ0) is 9.97. The van der Waals surface area contributed by atoms with Crippen molar-refractivity contribution < 1.29 is 0 Å². The summed E-state index contributed by atoms with van der Waals surface area (Å²) >= 11 is 5.33. The predicted octanol–water partition coefficient (Wildman–Crippen LogP) is 2.30. The van der Waals surface area contributed by atoms with Crippen molar-refractivity contribution in [3.8, 4) is 0 Å². The van der Waals surface area contributed by atoms with Gasteiger partial charge in [-0.1, -0.05) is 6.92 Å². The highest BCUT2D eigenvalue weighted by Gasteiger charge is 2.23. The summed E-state index contributed by atoms with van der Waals surface area (Å²) in [5.41, 5.74) is 0. The second-order valence-electron chi connectivity index (χ2n) is 3.61. The first-order valence-corrected chi connectivity index (χ1v) is 6.64. The Balaban J connectivity index is 1.93. The number of nitrogens with one attached hydrogen (secondary N) is 1. The Morgan fingerprint density at radius 1 is 1.64 bits per heavy atom. The molecule has 0 aromatic carbocycles. The van der Waals surface area contributed by atoms with Crippen molar-refractivity contribution in [2.75, 3.05) is 19.6 Å². The molecule has 0 bridgehead atoms. The maximum absolute atomic E-state index is 3.49. The number of thiophene rings is 1. The van der Waals surface area contributed by atoms with Gasteiger partial charge in [-0.25, -0.2) is 0 Å². The summed E-state index contributed by atoms with van der Waals surface area (Å²) in [5, 5.41) is 5.47. The van der Waals surface area contributed by atoms with E-state index < -0.39 is 0 Å². The third kappa shape index (κ3) is 2.37. The van der Waals surface area contributed by atoms with Gasteiger partial charge in [0.15, 0.2) is 0 Å². The number of hydrogen-bond acceptors (Lipinski definition) is 3. The van der Waals surface area contributed by atoms with Gasteiger partial charge in [-0.15, -0.1) is 11.3 Å². The molecule has 1 aliphatic rings. The molecule has 4 heteroatoms. The van der Waals surface area contributed by atoms with Crippen LogP contribution in [0.5, 0.6) is 0 Å². The molecule has 1 saturated heterocycles. The van der Waals surface area contributed by atoms with Crippen LogP contribution in [0.15, 0.2) is 15.9 Å². The monoisotopic (exact) mass is 274 g/mol. The van der Waals surface area contributed by atoms with Crippen LogP contribution in [-0.2, 0) is 6.54 Å². The lowest BCUT2D eigenvalue weighted by molar-refractivity contribution is 0.146. The molecule has 2 rings (SSSR count). The highest BCUT2D eigenvalue weighted by molar-refractivity contribution is 9.10. The molecule has 2 nitrogen and oxygen atoms in total. The van der Waals surface area contributed by atoms with E-state index in [-0.39, 0.29) is 0 Å². The average Bonchev–Trinajstić information content (AvgIpc) is 2.47. The molecule has 14 heavy (non-hydrogen) atoms. The van der Waals surface area contributed by atoms with Crippen LogP contribution >= 0.6 is 27.3 Å². The van der Waals surface area contributed by atoms with Crippen molar-refractivity contribution in [3.05, 3.63) is 20.8 Å². The van der Waals surface area contributed by atoms with Gasteiger partial charge >= 0.3 is 0 Å². The Kier molecular flexibility index (Phi) is 3.60. The molecule has 0 amide bonds. The average molecular weight is 275 g/mol. The fraction of sp³-hybridized carbons (Fsp3) is 0.600. The molecule has 0 unspecified atom stereocenters. The molecule has 78 valence electrons. The minimum Gasteiger partial charge on any atom is -0.314 e. The molecule has 1 fully saturated rings. The maximum Gasteiger partial charge on any atom is 0.0349 e. The normalized spacial score (nSPS) is 17.4. The number of halogens is 1. The predicted molar refractivity (Wildman–Crippen MR) is 64.8 cm³/mol. The molecular formula is C10H15BrN2S. The molecule has 1 aliphatic heterocycles. The van der Waals surface area contributed by atoms with Gasteiger partial charge in [0, 0.05) is 40.4 Å². The standard InChI is InChI=1S/C10H15BrN2S/c1-2-13(9-4-12-5-9)6-10-3-8(11)7-14-10/h3,7,9,12H,2,4-6H2,1H3. The lowest BCUT2D eigenvalue weighted by Crippen LogP contribution is -2.56. The van der Waals surface area contributed by atoms with E-state index in [1.165, 1.54) is 9.35 Å². The van der Waals surface area contributed by atoms with Crippen LogP contribution in [0.3, 0.4) is 0 Å². The van der Waals surface area contributed by atoms with Crippen LogP contribution in [0.2, 0.25) is 0 Å². The van der Waals surface area contributed by atoms with Crippen molar-refractivity contribution in [1.82, 2.24) is 10.2 Å². The first-order chi connectivity index (χ1) is 6.79. The number of nitrogens with zero attached hydrogens (tertiary/aromatic N) is 1. The molecule has 1 aromatic heterocycles. The molecular weight excluding hydrogens is 260 g/mol. The molecule has 0 spiro atoms. The fourth-order valence-corrected chi connectivity index (χ4v) is 3.14. The van der Waals surface area contributed by atoms with Gasteiger partial charge in [0.1, 0.15) is 0 Å².